The third kappa shape index (κ3) is 3.36. The Morgan fingerprint density at radius 3 is 2.42 bits per heavy atom. The van der Waals surface area contributed by atoms with Crippen LogP contribution in [0.1, 0.15) is 0 Å². The Balaban J connectivity index is 1.61. The van der Waals surface area contributed by atoms with E-state index in [1.807, 2.05) is 36.4 Å². The number of benzene rings is 2. The maximum absolute atomic E-state index is 11.1. The number of hydrogen-bond acceptors (Lipinski definition) is 4. The van der Waals surface area contributed by atoms with Gasteiger partial charge in [0.25, 0.3) is 0 Å². The lowest BCUT2D eigenvalue weighted by Crippen LogP contribution is -2.18. The highest BCUT2D eigenvalue weighted by Gasteiger charge is 2.08. The van der Waals surface area contributed by atoms with Crippen molar-refractivity contribution in [1.29, 1.82) is 0 Å². The highest BCUT2D eigenvalue weighted by atomic mass is 32.1. The molecule has 0 fully saturated rings. The SMILES string of the molecule is NC(=O)Nc1cc2c(Nc3ccc(-c4ccccc4)cc3)cncc2s1. The van der Waals surface area contributed by atoms with Crippen LogP contribution in [0.4, 0.5) is 21.2 Å². The maximum atomic E-state index is 11.1. The van der Waals surface area contributed by atoms with Crippen molar-refractivity contribution in [2.24, 2.45) is 5.73 Å². The van der Waals surface area contributed by atoms with Crippen LogP contribution in [0.3, 0.4) is 0 Å². The van der Waals surface area contributed by atoms with E-state index in [0.29, 0.717) is 5.00 Å². The monoisotopic (exact) mass is 360 g/mol. The lowest BCUT2D eigenvalue weighted by Gasteiger charge is -2.08. The van der Waals surface area contributed by atoms with Crippen LogP contribution in [0, 0.1) is 0 Å². The van der Waals surface area contributed by atoms with E-state index in [9.17, 15) is 4.79 Å². The second kappa shape index (κ2) is 6.85. The minimum atomic E-state index is -0.574. The average molecular weight is 360 g/mol. The topological polar surface area (TPSA) is 80.0 Å². The van der Waals surface area contributed by atoms with Crippen molar-refractivity contribution in [1.82, 2.24) is 4.98 Å². The summed E-state index contributed by atoms with van der Waals surface area (Å²) in [5.74, 6) is 0. The first kappa shape index (κ1) is 16.1. The third-order valence-electron chi connectivity index (χ3n) is 3.96. The first-order chi connectivity index (χ1) is 12.7. The molecule has 4 rings (SSSR count). The predicted molar refractivity (Wildman–Crippen MR) is 108 cm³/mol. The minimum Gasteiger partial charge on any atom is -0.354 e. The number of urea groups is 1. The fourth-order valence-electron chi connectivity index (χ4n) is 2.78. The van der Waals surface area contributed by atoms with Crippen molar-refractivity contribution in [2.75, 3.05) is 10.6 Å². The molecule has 2 amide bonds. The van der Waals surface area contributed by atoms with Gasteiger partial charge < -0.3 is 11.1 Å². The highest BCUT2D eigenvalue weighted by molar-refractivity contribution is 7.23. The molecule has 26 heavy (non-hydrogen) atoms. The zero-order valence-corrected chi connectivity index (χ0v) is 14.6. The second-order valence-electron chi connectivity index (χ2n) is 5.77. The molecule has 0 unspecified atom stereocenters. The molecule has 128 valence electrons. The van der Waals surface area contributed by atoms with Gasteiger partial charge in [0.1, 0.15) is 0 Å². The first-order valence-electron chi connectivity index (χ1n) is 8.05. The molecule has 2 heterocycles. The largest absolute Gasteiger partial charge is 0.354 e. The molecule has 0 saturated carbocycles. The van der Waals surface area contributed by atoms with E-state index in [0.717, 1.165) is 27.0 Å². The Labute approximate surface area is 154 Å². The predicted octanol–water partition coefficient (Wildman–Crippen LogP) is 5.20. The van der Waals surface area contributed by atoms with Gasteiger partial charge in [-0.3, -0.25) is 10.3 Å². The number of thiophene rings is 1. The Morgan fingerprint density at radius 2 is 1.69 bits per heavy atom. The number of nitrogens with one attached hydrogen (secondary N) is 2. The van der Waals surface area contributed by atoms with E-state index in [4.69, 9.17) is 5.73 Å². The molecule has 2 aromatic carbocycles. The summed E-state index contributed by atoms with van der Waals surface area (Å²) in [4.78, 5) is 15.3. The molecule has 4 N–H and O–H groups in total. The van der Waals surface area contributed by atoms with E-state index in [-0.39, 0.29) is 0 Å². The number of fused-ring (bicyclic) bond motifs is 1. The molecule has 6 heteroatoms. The summed E-state index contributed by atoms with van der Waals surface area (Å²) in [6.45, 7) is 0. The van der Waals surface area contributed by atoms with Crippen molar-refractivity contribution in [3.8, 4) is 11.1 Å². The van der Waals surface area contributed by atoms with Crippen molar-refractivity contribution in [3.63, 3.8) is 0 Å². The van der Waals surface area contributed by atoms with Crippen LogP contribution in [0.25, 0.3) is 21.2 Å². The molecule has 2 aromatic heterocycles. The van der Waals surface area contributed by atoms with Gasteiger partial charge in [-0.05, 0) is 29.3 Å². The molecular weight excluding hydrogens is 344 g/mol. The molecule has 0 aliphatic carbocycles. The molecule has 0 radical (unpaired) electrons. The summed E-state index contributed by atoms with van der Waals surface area (Å²) in [5.41, 5.74) is 9.39. The zero-order chi connectivity index (χ0) is 17.9. The number of nitrogens with zero attached hydrogens (tertiary/aromatic N) is 1. The Hall–Kier alpha value is -3.38. The molecule has 0 bridgehead atoms. The summed E-state index contributed by atoms with van der Waals surface area (Å²) in [6.07, 6.45) is 3.55. The summed E-state index contributed by atoms with van der Waals surface area (Å²) in [5, 5.41) is 7.69. The van der Waals surface area contributed by atoms with Crippen molar-refractivity contribution < 1.29 is 4.79 Å². The van der Waals surface area contributed by atoms with Crippen LogP contribution >= 0.6 is 11.3 Å². The third-order valence-corrected chi connectivity index (χ3v) is 4.95. The quantitative estimate of drug-likeness (QED) is 0.468. The van der Waals surface area contributed by atoms with Crippen LogP contribution in [-0.2, 0) is 0 Å². The number of hydrogen-bond donors (Lipinski definition) is 3. The van der Waals surface area contributed by atoms with E-state index in [2.05, 4.69) is 39.9 Å². The highest BCUT2D eigenvalue weighted by Crippen LogP contribution is 2.35. The number of primary amides is 1. The summed E-state index contributed by atoms with van der Waals surface area (Å²) >= 11 is 1.44. The van der Waals surface area contributed by atoms with Gasteiger partial charge in [-0.1, -0.05) is 42.5 Å². The Kier molecular flexibility index (Phi) is 4.25. The number of amides is 2. The number of carbonyl (C=O) groups excluding carboxylic acids is 1. The van der Waals surface area contributed by atoms with E-state index in [1.54, 1.807) is 12.4 Å². The van der Waals surface area contributed by atoms with E-state index >= 15 is 0 Å². The molecule has 0 aliphatic heterocycles. The normalized spacial score (nSPS) is 10.6. The van der Waals surface area contributed by atoms with Gasteiger partial charge in [0.05, 0.1) is 21.6 Å². The maximum Gasteiger partial charge on any atom is 0.317 e. The second-order valence-corrected chi connectivity index (χ2v) is 6.85. The van der Waals surface area contributed by atoms with Gasteiger partial charge >= 0.3 is 6.03 Å². The van der Waals surface area contributed by atoms with Crippen LogP contribution in [0.15, 0.2) is 73.1 Å². The van der Waals surface area contributed by atoms with Crippen molar-refractivity contribution >= 4 is 43.8 Å². The van der Waals surface area contributed by atoms with Crippen LogP contribution in [0.5, 0.6) is 0 Å². The van der Waals surface area contributed by atoms with E-state index < -0.39 is 6.03 Å². The summed E-state index contributed by atoms with van der Waals surface area (Å²) in [6, 6.07) is 19.8. The fraction of sp³-hybridized carbons (Fsp3) is 0. The van der Waals surface area contributed by atoms with Crippen LogP contribution in [-0.4, -0.2) is 11.0 Å². The van der Waals surface area contributed by atoms with Crippen LogP contribution < -0.4 is 16.4 Å². The molecule has 0 saturated heterocycles. The zero-order valence-electron chi connectivity index (χ0n) is 13.8. The van der Waals surface area contributed by atoms with Gasteiger partial charge in [0.2, 0.25) is 0 Å². The molecular formula is C20H16N4OS. The molecule has 0 aliphatic rings. The van der Waals surface area contributed by atoms with E-state index in [1.165, 1.54) is 16.9 Å². The lowest BCUT2D eigenvalue weighted by atomic mass is 10.1. The first-order valence-corrected chi connectivity index (χ1v) is 8.87. The molecule has 4 aromatic rings. The van der Waals surface area contributed by atoms with Gasteiger partial charge in [0.15, 0.2) is 0 Å². The smallest absolute Gasteiger partial charge is 0.317 e. The Bertz CT molecular complexity index is 1060. The van der Waals surface area contributed by atoms with Gasteiger partial charge in [-0.2, -0.15) is 0 Å². The Morgan fingerprint density at radius 1 is 0.962 bits per heavy atom. The average Bonchev–Trinajstić information content (AvgIpc) is 3.06. The molecule has 0 atom stereocenters. The number of anilines is 3. The number of pyridine rings is 1. The number of aromatic nitrogens is 1. The standard InChI is InChI=1S/C20H16N4OS/c21-20(25)24-19-10-16-17(11-22-12-18(16)26-19)23-15-8-6-14(7-9-15)13-4-2-1-3-5-13/h1-12,23H,(H3,21,24,25). The van der Waals surface area contributed by atoms with Gasteiger partial charge in [0, 0.05) is 17.3 Å². The lowest BCUT2D eigenvalue weighted by molar-refractivity contribution is 0.259. The minimum absolute atomic E-state index is 0.574. The van der Waals surface area contributed by atoms with Gasteiger partial charge in [-0.15, -0.1) is 11.3 Å². The summed E-state index contributed by atoms with van der Waals surface area (Å²) in [7, 11) is 0. The van der Waals surface area contributed by atoms with Crippen molar-refractivity contribution in [2.45, 2.75) is 0 Å². The number of carbonyl (C=O) groups is 1. The summed E-state index contributed by atoms with van der Waals surface area (Å²) < 4.78 is 0.972. The fourth-order valence-corrected chi connectivity index (χ4v) is 3.73. The molecule has 5 nitrogen and oxygen atoms in total. The number of rotatable bonds is 4. The molecule has 0 spiro atoms. The number of nitrogens with two attached hydrogens (primary N) is 1. The van der Waals surface area contributed by atoms with Crippen LogP contribution in [0.2, 0.25) is 0 Å². The van der Waals surface area contributed by atoms with Crippen molar-refractivity contribution in [3.05, 3.63) is 73.1 Å². The van der Waals surface area contributed by atoms with Gasteiger partial charge in [-0.25, -0.2) is 4.79 Å².